The molecule has 90 valence electrons. The maximum Gasteiger partial charge on any atom is 0.323 e. The summed E-state index contributed by atoms with van der Waals surface area (Å²) in [5.74, 6) is -0.394. The van der Waals surface area contributed by atoms with Crippen molar-refractivity contribution in [2.24, 2.45) is 5.73 Å². The van der Waals surface area contributed by atoms with Crippen LogP contribution in [0, 0.1) is 0 Å². The van der Waals surface area contributed by atoms with Crippen LogP contribution >= 0.6 is 22.9 Å². The zero-order chi connectivity index (χ0) is 12.3. The largest absolute Gasteiger partial charge is 0.459 e. The average Bonchev–Trinajstić information content (AvgIpc) is 2.49. The fraction of sp³-hybridized carbons (Fsp3) is 0.545. The first-order valence-electron chi connectivity index (χ1n) is 5.00. The minimum absolute atomic E-state index is 0.394. The molecule has 3 nitrogen and oxygen atoms in total. The van der Waals surface area contributed by atoms with Crippen molar-refractivity contribution >= 4 is 28.9 Å². The summed E-state index contributed by atoms with van der Waals surface area (Å²) in [6.45, 7) is 5.44. The molecule has 0 spiro atoms. The van der Waals surface area contributed by atoms with Crippen LogP contribution in [0.15, 0.2) is 11.4 Å². The van der Waals surface area contributed by atoms with Crippen molar-refractivity contribution in [2.45, 2.75) is 38.8 Å². The molecule has 1 atom stereocenters. The topological polar surface area (TPSA) is 52.3 Å². The molecule has 1 rings (SSSR count). The first-order valence-corrected chi connectivity index (χ1v) is 6.25. The van der Waals surface area contributed by atoms with Gasteiger partial charge in [0.25, 0.3) is 0 Å². The second kappa shape index (κ2) is 5.17. The zero-order valence-corrected chi connectivity index (χ0v) is 11.2. The molecular formula is C11H16ClNO2S. The van der Waals surface area contributed by atoms with Gasteiger partial charge in [0.1, 0.15) is 11.6 Å². The Morgan fingerprint density at radius 3 is 2.69 bits per heavy atom. The van der Waals surface area contributed by atoms with E-state index in [4.69, 9.17) is 22.1 Å². The minimum Gasteiger partial charge on any atom is -0.459 e. The molecule has 1 aromatic heterocycles. The Hall–Kier alpha value is -0.580. The van der Waals surface area contributed by atoms with Gasteiger partial charge in [-0.25, -0.2) is 0 Å². The summed E-state index contributed by atoms with van der Waals surface area (Å²) < 4.78 is 5.86. The molecule has 0 aliphatic rings. The van der Waals surface area contributed by atoms with Gasteiger partial charge in [0, 0.05) is 6.42 Å². The second-order valence-corrected chi connectivity index (χ2v) is 6.08. The van der Waals surface area contributed by atoms with Crippen LogP contribution in [0.4, 0.5) is 0 Å². The molecule has 0 aliphatic heterocycles. The van der Waals surface area contributed by atoms with Crippen molar-refractivity contribution in [3.63, 3.8) is 0 Å². The highest BCUT2D eigenvalue weighted by Crippen LogP contribution is 2.24. The summed E-state index contributed by atoms with van der Waals surface area (Å²) in [5, 5.41) is 1.87. The highest BCUT2D eigenvalue weighted by Gasteiger charge is 2.23. The van der Waals surface area contributed by atoms with E-state index in [-0.39, 0.29) is 0 Å². The molecule has 1 heterocycles. The van der Waals surface area contributed by atoms with Gasteiger partial charge in [-0.15, -0.1) is 11.3 Å². The molecule has 16 heavy (non-hydrogen) atoms. The summed E-state index contributed by atoms with van der Waals surface area (Å²) in [4.78, 5) is 11.6. The van der Waals surface area contributed by atoms with E-state index in [9.17, 15) is 4.79 Å². The lowest BCUT2D eigenvalue weighted by atomic mass is 10.1. The van der Waals surface area contributed by atoms with E-state index >= 15 is 0 Å². The number of rotatable bonds is 3. The normalized spacial score (nSPS) is 13.6. The van der Waals surface area contributed by atoms with Gasteiger partial charge in [-0.2, -0.15) is 0 Å². The first kappa shape index (κ1) is 13.5. The van der Waals surface area contributed by atoms with Crippen LogP contribution in [0.1, 0.15) is 26.3 Å². The predicted molar refractivity (Wildman–Crippen MR) is 66.9 cm³/mol. The van der Waals surface area contributed by atoms with Gasteiger partial charge in [-0.05, 0) is 37.8 Å². The highest BCUT2D eigenvalue weighted by molar-refractivity contribution is 7.14. The molecule has 0 aliphatic carbocycles. The van der Waals surface area contributed by atoms with Crippen LogP contribution in [0.2, 0.25) is 4.34 Å². The van der Waals surface area contributed by atoms with Crippen molar-refractivity contribution < 1.29 is 9.53 Å². The van der Waals surface area contributed by atoms with Crippen molar-refractivity contribution in [1.82, 2.24) is 0 Å². The zero-order valence-electron chi connectivity index (χ0n) is 9.62. The first-order chi connectivity index (χ1) is 7.29. The maximum atomic E-state index is 11.6. The monoisotopic (exact) mass is 261 g/mol. The van der Waals surface area contributed by atoms with Crippen LogP contribution in [0.3, 0.4) is 0 Å². The van der Waals surface area contributed by atoms with E-state index in [1.54, 1.807) is 0 Å². The van der Waals surface area contributed by atoms with Crippen LogP contribution in [-0.4, -0.2) is 17.6 Å². The van der Waals surface area contributed by atoms with Gasteiger partial charge in [0.2, 0.25) is 0 Å². The Morgan fingerprint density at radius 1 is 1.62 bits per heavy atom. The van der Waals surface area contributed by atoms with Gasteiger partial charge < -0.3 is 10.5 Å². The predicted octanol–water partition coefficient (Wildman–Crippen LogP) is 2.61. The molecule has 1 aromatic rings. The molecule has 2 N–H and O–H groups in total. The fourth-order valence-corrected chi connectivity index (χ4v) is 2.11. The minimum atomic E-state index is -0.661. The molecule has 0 bridgehead atoms. The summed E-state index contributed by atoms with van der Waals surface area (Å²) in [7, 11) is 0. The smallest absolute Gasteiger partial charge is 0.323 e. The van der Waals surface area contributed by atoms with Gasteiger partial charge >= 0.3 is 5.97 Å². The lowest BCUT2D eigenvalue weighted by molar-refractivity contribution is -0.156. The lowest BCUT2D eigenvalue weighted by Crippen LogP contribution is -2.38. The number of esters is 1. The molecule has 0 amide bonds. The Balaban J connectivity index is 2.56. The number of halogens is 1. The van der Waals surface area contributed by atoms with Crippen molar-refractivity contribution in [3.05, 3.63) is 21.3 Å². The second-order valence-electron chi connectivity index (χ2n) is 4.56. The third-order valence-electron chi connectivity index (χ3n) is 1.84. The SMILES string of the molecule is CC(C)(C)OC(=O)C(N)Cc1ccsc1Cl. The van der Waals surface area contributed by atoms with E-state index < -0.39 is 17.6 Å². The molecule has 1 unspecified atom stereocenters. The van der Waals surface area contributed by atoms with Crippen molar-refractivity contribution in [3.8, 4) is 0 Å². The molecule has 0 radical (unpaired) electrons. The lowest BCUT2D eigenvalue weighted by Gasteiger charge is -2.22. The summed E-state index contributed by atoms with van der Waals surface area (Å²) in [6, 6.07) is 1.21. The van der Waals surface area contributed by atoms with Gasteiger partial charge in [0.05, 0.1) is 4.34 Å². The van der Waals surface area contributed by atoms with Crippen LogP contribution in [-0.2, 0) is 16.0 Å². The molecule has 0 saturated heterocycles. The van der Waals surface area contributed by atoms with E-state index in [1.807, 2.05) is 32.2 Å². The number of carbonyl (C=O) groups is 1. The van der Waals surface area contributed by atoms with E-state index in [0.717, 1.165) is 5.56 Å². The van der Waals surface area contributed by atoms with Crippen molar-refractivity contribution in [1.29, 1.82) is 0 Å². The quantitative estimate of drug-likeness (QED) is 0.851. The number of thiophene rings is 1. The Morgan fingerprint density at radius 2 is 2.25 bits per heavy atom. The van der Waals surface area contributed by atoms with Gasteiger partial charge in [-0.3, -0.25) is 4.79 Å². The van der Waals surface area contributed by atoms with E-state index in [2.05, 4.69) is 0 Å². The third-order valence-corrected chi connectivity index (χ3v) is 3.09. The van der Waals surface area contributed by atoms with Crippen LogP contribution < -0.4 is 5.73 Å². The van der Waals surface area contributed by atoms with Crippen LogP contribution in [0.5, 0.6) is 0 Å². The molecular weight excluding hydrogens is 246 g/mol. The third kappa shape index (κ3) is 4.12. The summed E-state index contributed by atoms with van der Waals surface area (Å²) in [6.07, 6.45) is 0.414. The molecule has 5 heteroatoms. The van der Waals surface area contributed by atoms with E-state index in [0.29, 0.717) is 10.8 Å². The number of hydrogen-bond donors (Lipinski definition) is 1. The van der Waals surface area contributed by atoms with Crippen LogP contribution in [0.25, 0.3) is 0 Å². The molecule has 0 aromatic carbocycles. The Kier molecular flexibility index (Phi) is 4.35. The van der Waals surface area contributed by atoms with Gasteiger partial charge in [0.15, 0.2) is 0 Å². The Labute approximate surface area is 105 Å². The Bertz CT molecular complexity index is 370. The molecule has 0 saturated carbocycles. The van der Waals surface area contributed by atoms with Gasteiger partial charge in [-0.1, -0.05) is 11.6 Å². The average molecular weight is 262 g/mol. The summed E-state index contributed by atoms with van der Waals surface area (Å²) in [5.41, 5.74) is 6.14. The number of hydrogen-bond acceptors (Lipinski definition) is 4. The summed E-state index contributed by atoms with van der Waals surface area (Å²) >= 11 is 7.36. The molecule has 0 fully saturated rings. The highest BCUT2D eigenvalue weighted by atomic mass is 35.5. The van der Waals surface area contributed by atoms with E-state index in [1.165, 1.54) is 11.3 Å². The number of carbonyl (C=O) groups excluding carboxylic acids is 1. The fourth-order valence-electron chi connectivity index (χ4n) is 1.16. The number of ether oxygens (including phenoxy) is 1. The van der Waals surface area contributed by atoms with Crippen molar-refractivity contribution in [2.75, 3.05) is 0 Å². The number of nitrogens with two attached hydrogens (primary N) is 1. The standard InChI is InChI=1S/C11H16ClNO2S/c1-11(2,3)15-10(14)8(13)6-7-4-5-16-9(7)12/h4-5,8H,6,13H2,1-3H3. The maximum absolute atomic E-state index is 11.6.